The number of aromatic nitrogens is 1. The Balaban J connectivity index is 1.42. The largest absolute Gasteiger partial charge is 0.260 e. The molecule has 1 nitrogen and oxygen atoms in total. The molecule has 0 unspecified atom stereocenters. The average Bonchev–Trinajstić information content (AvgIpc) is 2.81. The van der Waals surface area contributed by atoms with Crippen molar-refractivity contribution in [2.75, 3.05) is 0 Å². The molecule has 3 rings (SSSR count). The number of unbranched alkanes of at least 4 members (excludes halogenated alkanes) is 6. The molecule has 164 valence electrons. The first-order chi connectivity index (χ1) is 14.8. The van der Waals surface area contributed by atoms with E-state index in [2.05, 4.69) is 56.4 Å². The van der Waals surface area contributed by atoms with Gasteiger partial charge in [0.1, 0.15) is 0 Å². The molecule has 0 amide bonds. The van der Waals surface area contributed by atoms with Gasteiger partial charge in [-0.2, -0.15) is 0 Å². The average molecular weight is 406 g/mol. The first-order valence-electron chi connectivity index (χ1n) is 12.9. The van der Waals surface area contributed by atoms with Crippen molar-refractivity contribution >= 4 is 0 Å². The van der Waals surface area contributed by atoms with Crippen molar-refractivity contribution in [3.05, 3.63) is 53.9 Å². The Kier molecular flexibility index (Phi) is 9.93. The van der Waals surface area contributed by atoms with Crippen molar-refractivity contribution in [1.82, 2.24) is 4.98 Å². The zero-order chi connectivity index (χ0) is 21.0. The van der Waals surface area contributed by atoms with E-state index in [0.717, 1.165) is 5.92 Å². The molecule has 1 aromatic heterocycles. The van der Waals surface area contributed by atoms with Crippen molar-refractivity contribution < 1.29 is 0 Å². The number of hydrogen-bond donors (Lipinski definition) is 0. The van der Waals surface area contributed by atoms with Crippen LogP contribution in [0.5, 0.6) is 0 Å². The fraction of sp³-hybridized carbons (Fsp3) is 0.621. The second kappa shape index (κ2) is 12.9. The molecule has 0 N–H and O–H groups in total. The van der Waals surface area contributed by atoms with Gasteiger partial charge in [-0.3, -0.25) is 4.98 Å². The predicted molar refractivity (Wildman–Crippen MR) is 131 cm³/mol. The van der Waals surface area contributed by atoms with Gasteiger partial charge in [0.05, 0.1) is 0 Å². The molecule has 1 aromatic carbocycles. The van der Waals surface area contributed by atoms with E-state index in [9.17, 15) is 0 Å². The summed E-state index contributed by atoms with van der Waals surface area (Å²) >= 11 is 0. The van der Waals surface area contributed by atoms with Crippen molar-refractivity contribution in [3.63, 3.8) is 0 Å². The number of nitrogens with zero attached hydrogens (tertiary/aromatic N) is 1. The van der Waals surface area contributed by atoms with Gasteiger partial charge in [0.15, 0.2) is 0 Å². The van der Waals surface area contributed by atoms with Gasteiger partial charge in [-0.05, 0) is 61.6 Å². The van der Waals surface area contributed by atoms with Gasteiger partial charge in [0.2, 0.25) is 0 Å². The Labute approximate surface area is 185 Å². The van der Waals surface area contributed by atoms with Gasteiger partial charge in [-0.25, -0.2) is 0 Å². The molecule has 1 fully saturated rings. The van der Waals surface area contributed by atoms with Gasteiger partial charge in [-0.15, -0.1) is 0 Å². The fourth-order valence-corrected chi connectivity index (χ4v) is 5.02. The Morgan fingerprint density at radius 2 is 1.37 bits per heavy atom. The Bertz CT molecular complexity index is 692. The molecule has 1 saturated carbocycles. The second-order valence-electron chi connectivity index (χ2n) is 9.55. The fourth-order valence-electron chi connectivity index (χ4n) is 5.02. The molecule has 0 radical (unpaired) electrons. The third kappa shape index (κ3) is 7.25. The lowest BCUT2D eigenvalue weighted by Gasteiger charge is -2.28. The molecule has 1 aliphatic carbocycles. The van der Waals surface area contributed by atoms with E-state index in [1.807, 2.05) is 0 Å². The molecule has 1 heterocycles. The van der Waals surface area contributed by atoms with Crippen LogP contribution in [0.4, 0.5) is 0 Å². The number of hydrogen-bond acceptors (Lipinski definition) is 1. The lowest BCUT2D eigenvalue weighted by Crippen LogP contribution is -2.14. The summed E-state index contributed by atoms with van der Waals surface area (Å²) in [6.07, 6.45) is 21.3. The molecule has 30 heavy (non-hydrogen) atoms. The van der Waals surface area contributed by atoms with E-state index in [0.29, 0.717) is 5.92 Å². The molecule has 0 saturated heterocycles. The molecule has 0 bridgehead atoms. The number of rotatable bonds is 12. The SMILES string of the molecule is CCCCCCCC[C@H]1CC[C@H](c2ccc(-c3ccc(CCCC)cc3)cn2)CC1. The minimum atomic E-state index is 0.677. The second-order valence-corrected chi connectivity index (χ2v) is 9.55. The van der Waals surface area contributed by atoms with Crippen molar-refractivity contribution in [3.8, 4) is 11.1 Å². The smallest absolute Gasteiger partial charge is 0.0434 e. The van der Waals surface area contributed by atoms with Crippen LogP contribution >= 0.6 is 0 Å². The summed E-state index contributed by atoms with van der Waals surface area (Å²) in [6, 6.07) is 13.7. The standard InChI is InChI=1S/C29H43N/c1-3-5-7-8-9-10-12-25-15-19-27(20-16-25)29-22-21-28(23-30-29)26-17-13-24(14-18-26)11-6-4-2/h13-14,17-18,21-23,25,27H,3-12,15-16,19-20H2,1-2H3/t25-,27-. The van der Waals surface area contributed by atoms with Crippen molar-refractivity contribution in [2.24, 2.45) is 5.92 Å². The highest BCUT2D eigenvalue weighted by atomic mass is 14.7. The van der Waals surface area contributed by atoms with Gasteiger partial charge < -0.3 is 0 Å². The third-order valence-electron chi connectivity index (χ3n) is 7.12. The molecule has 0 atom stereocenters. The van der Waals surface area contributed by atoms with E-state index >= 15 is 0 Å². The summed E-state index contributed by atoms with van der Waals surface area (Å²) in [4.78, 5) is 4.88. The summed E-state index contributed by atoms with van der Waals surface area (Å²) in [7, 11) is 0. The van der Waals surface area contributed by atoms with Crippen LogP contribution in [0.2, 0.25) is 0 Å². The number of aryl methyl sites for hydroxylation is 1. The highest BCUT2D eigenvalue weighted by Crippen LogP contribution is 2.37. The van der Waals surface area contributed by atoms with Crippen LogP contribution in [0.3, 0.4) is 0 Å². The highest BCUT2D eigenvalue weighted by Gasteiger charge is 2.22. The summed E-state index contributed by atoms with van der Waals surface area (Å²) < 4.78 is 0. The molecule has 0 aliphatic heterocycles. The monoisotopic (exact) mass is 405 g/mol. The maximum Gasteiger partial charge on any atom is 0.0434 e. The quantitative estimate of drug-likeness (QED) is 0.321. The normalized spacial score (nSPS) is 19.1. The Morgan fingerprint density at radius 1 is 0.700 bits per heavy atom. The third-order valence-corrected chi connectivity index (χ3v) is 7.12. The zero-order valence-electron chi connectivity index (χ0n) is 19.5. The molecular formula is C29H43N. The van der Waals surface area contributed by atoms with Crippen LogP contribution in [0.25, 0.3) is 11.1 Å². The summed E-state index contributed by atoms with van der Waals surface area (Å²) in [5.74, 6) is 1.65. The molecule has 0 spiro atoms. The maximum atomic E-state index is 4.88. The van der Waals surface area contributed by atoms with Crippen molar-refractivity contribution in [2.45, 2.75) is 110 Å². The maximum absolute atomic E-state index is 4.88. The van der Waals surface area contributed by atoms with E-state index < -0.39 is 0 Å². The number of pyridine rings is 1. The van der Waals surface area contributed by atoms with Crippen molar-refractivity contribution in [1.29, 1.82) is 0 Å². The van der Waals surface area contributed by atoms with E-state index in [4.69, 9.17) is 4.98 Å². The van der Waals surface area contributed by atoms with E-state index in [1.165, 1.54) is 112 Å². The predicted octanol–water partition coefficient (Wildman–Crippen LogP) is 9.12. The van der Waals surface area contributed by atoms with E-state index in [-0.39, 0.29) is 0 Å². The molecule has 1 heteroatoms. The minimum absolute atomic E-state index is 0.677. The Morgan fingerprint density at radius 3 is 2.03 bits per heavy atom. The van der Waals surface area contributed by atoms with Crippen LogP contribution in [-0.2, 0) is 6.42 Å². The minimum Gasteiger partial charge on any atom is -0.260 e. The molecule has 1 aliphatic rings. The van der Waals surface area contributed by atoms with E-state index in [1.54, 1.807) is 0 Å². The van der Waals surface area contributed by atoms with Gasteiger partial charge >= 0.3 is 0 Å². The summed E-state index contributed by atoms with van der Waals surface area (Å²) in [5.41, 5.74) is 5.30. The first-order valence-corrected chi connectivity index (χ1v) is 12.9. The number of benzene rings is 1. The lowest BCUT2D eigenvalue weighted by molar-refractivity contribution is 0.299. The van der Waals surface area contributed by atoms with Gasteiger partial charge in [0, 0.05) is 23.4 Å². The first kappa shape index (κ1) is 23.0. The lowest BCUT2D eigenvalue weighted by atomic mass is 9.78. The Hall–Kier alpha value is -1.63. The van der Waals surface area contributed by atoms with Gasteiger partial charge in [0.25, 0.3) is 0 Å². The van der Waals surface area contributed by atoms with Crippen LogP contribution in [0.15, 0.2) is 42.6 Å². The summed E-state index contributed by atoms with van der Waals surface area (Å²) in [5, 5.41) is 0. The van der Waals surface area contributed by atoms with Crippen LogP contribution in [0, 0.1) is 5.92 Å². The summed E-state index contributed by atoms with van der Waals surface area (Å²) in [6.45, 7) is 4.55. The van der Waals surface area contributed by atoms with Crippen LogP contribution in [-0.4, -0.2) is 4.98 Å². The zero-order valence-corrected chi connectivity index (χ0v) is 19.5. The topological polar surface area (TPSA) is 12.9 Å². The van der Waals surface area contributed by atoms with Crippen LogP contribution in [0.1, 0.15) is 114 Å². The van der Waals surface area contributed by atoms with Gasteiger partial charge in [-0.1, -0.05) is 95.5 Å². The molecular weight excluding hydrogens is 362 g/mol. The highest BCUT2D eigenvalue weighted by molar-refractivity contribution is 5.62. The van der Waals surface area contributed by atoms with Crippen LogP contribution < -0.4 is 0 Å². The molecule has 2 aromatic rings.